The maximum absolute atomic E-state index is 13.8. The van der Waals surface area contributed by atoms with E-state index in [0.717, 1.165) is 37.0 Å². The number of fused-ring (bicyclic) bond motifs is 2. The van der Waals surface area contributed by atoms with Crippen LogP contribution in [0.2, 0.25) is 0 Å². The first-order valence-electron chi connectivity index (χ1n) is 11.1. The van der Waals surface area contributed by atoms with Gasteiger partial charge in [-0.05, 0) is 66.8 Å². The monoisotopic (exact) mass is 484 g/mol. The fourth-order valence-corrected chi connectivity index (χ4v) is 5.75. The number of hydrogen-bond acceptors (Lipinski definition) is 4. The molecule has 0 aliphatic carbocycles. The number of carbonyl (C=O) groups excluding carboxylic acids is 2. The highest BCUT2D eigenvalue weighted by molar-refractivity contribution is 7.99. The van der Waals surface area contributed by atoms with Gasteiger partial charge in [0.05, 0.1) is 24.3 Å². The summed E-state index contributed by atoms with van der Waals surface area (Å²) in [6.45, 7) is 5.05. The van der Waals surface area contributed by atoms with E-state index in [1.54, 1.807) is 23.1 Å². The number of amides is 2. The Hall–Kier alpha value is -3.35. The van der Waals surface area contributed by atoms with E-state index >= 15 is 0 Å². The van der Waals surface area contributed by atoms with Crippen LogP contribution in [0, 0.1) is 13.8 Å². The van der Waals surface area contributed by atoms with Crippen LogP contribution in [-0.2, 0) is 13.1 Å². The minimum atomic E-state index is -0.151. The maximum Gasteiger partial charge on any atom is 0.259 e. The summed E-state index contributed by atoms with van der Waals surface area (Å²) in [7, 11) is 0. The molecule has 0 unspecified atom stereocenters. The number of nitrogens with zero attached hydrogens (tertiary/aromatic N) is 1. The zero-order chi connectivity index (χ0) is 23.7. The quantitative estimate of drug-likeness (QED) is 0.347. The average Bonchev–Trinajstić information content (AvgIpc) is 3.33. The average molecular weight is 485 g/mol. The molecular weight excluding hydrogens is 460 g/mol. The molecule has 170 valence electrons. The molecule has 5 rings (SSSR count). The number of hydrogen-bond donors (Lipinski definition) is 1. The maximum atomic E-state index is 13.8. The molecular formula is C28H24N2O2S2. The Morgan fingerprint density at radius 2 is 1.79 bits per heavy atom. The molecule has 1 aromatic heterocycles. The molecule has 0 radical (unpaired) electrons. The van der Waals surface area contributed by atoms with E-state index in [2.05, 4.69) is 37.4 Å². The standard InChI is InChI=1S/C28H24N2O2S2/c1-18-9-10-19(2)21(14-18)17-30-24-15-20(27(31)29-16-22-6-5-13-33-22)11-12-26(24)34-25-8-4-3-7-23(25)28(30)32/h3-15H,16-17H2,1-2H3,(H,29,31). The first-order valence-corrected chi connectivity index (χ1v) is 12.8. The lowest BCUT2D eigenvalue weighted by Crippen LogP contribution is -2.31. The van der Waals surface area contributed by atoms with Crippen LogP contribution in [0.1, 0.15) is 42.3 Å². The lowest BCUT2D eigenvalue weighted by Gasteiger charge is -2.25. The van der Waals surface area contributed by atoms with Crippen LogP contribution in [-0.4, -0.2) is 11.8 Å². The third kappa shape index (κ3) is 4.52. The zero-order valence-corrected chi connectivity index (χ0v) is 20.6. The predicted octanol–water partition coefficient (Wildman–Crippen LogP) is 6.61. The molecule has 0 spiro atoms. The molecule has 1 N–H and O–H groups in total. The minimum absolute atomic E-state index is 0.0566. The third-order valence-electron chi connectivity index (χ3n) is 5.93. The summed E-state index contributed by atoms with van der Waals surface area (Å²) in [6, 6.07) is 23.6. The zero-order valence-electron chi connectivity index (χ0n) is 19.0. The number of carbonyl (C=O) groups is 2. The van der Waals surface area contributed by atoms with Crippen molar-refractivity contribution in [3.8, 4) is 0 Å². The molecule has 0 bridgehead atoms. The Morgan fingerprint density at radius 1 is 0.941 bits per heavy atom. The van der Waals surface area contributed by atoms with E-state index in [-0.39, 0.29) is 11.8 Å². The highest BCUT2D eigenvalue weighted by atomic mass is 32.2. The van der Waals surface area contributed by atoms with Crippen LogP contribution in [0.5, 0.6) is 0 Å². The molecule has 0 atom stereocenters. The van der Waals surface area contributed by atoms with E-state index in [9.17, 15) is 9.59 Å². The number of rotatable bonds is 5. The molecule has 2 amide bonds. The van der Waals surface area contributed by atoms with Crippen LogP contribution in [0.3, 0.4) is 0 Å². The second-order valence-corrected chi connectivity index (χ2v) is 10.5. The van der Waals surface area contributed by atoms with Crippen molar-refractivity contribution in [3.63, 3.8) is 0 Å². The first-order chi connectivity index (χ1) is 16.5. The fourth-order valence-electron chi connectivity index (χ4n) is 4.04. The Kier molecular flexibility index (Phi) is 6.26. The Bertz CT molecular complexity index is 1380. The molecule has 0 fully saturated rings. The van der Waals surface area contributed by atoms with E-state index < -0.39 is 0 Å². The summed E-state index contributed by atoms with van der Waals surface area (Å²) < 4.78 is 0. The molecule has 4 aromatic rings. The second kappa shape index (κ2) is 9.49. The van der Waals surface area contributed by atoms with Crippen LogP contribution in [0.25, 0.3) is 0 Å². The van der Waals surface area contributed by atoms with Gasteiger partial charge in [-0.1, -0.05) is 53.7 Å². The number of anilines is 1. The van der Waals surface area contributed by atoms with Crippen molar-refractivity contribution in [3.05, 3.63) is 111 Å². The summed E-state index contributed by atoms with van der Waals surface area (Å²) in [6.07, 6.45) is 0. The van der Waals surface area contributed by atoms with E-state index in [4.69, 9.17) is 0 Å². The SMILES string of the molecule is Cc1ccc(C)c(CN2C(=O)c3ccccc3Sc3ccc(C(=O)NCc4cccs4)cc32)c1. The van der Waals surface area contributed by atoms with Gasteiger partial charge in [0.2, 0.25) is 0 Å². The fraction of sp³-hybridized carbons (Fsp3) is 0.143. The normalized spacial score (nSPS) is 12.6. The highest BCUT2D eigenvalue weighted by Crippen LogP contribution is 2.42. The summed E-state index contributed by atoms with van der Waals surface area (Å²) in [5.41, 5.74) is 5.36. The van der Waals surface area contributed by atoms with Gasteiger partial charge in [-0.3, -0.25) is 9.59 Å². The van der Waals surface area contributed by atoms with Crippen molar-refractivity contribution in [2.75, 3.05) is 4.90 Å². The molecule has 34 heavy (non-hydrogen) atoms. The molecule has 0 saturated carbocycles. The van der Waals surface area contributed by atoms with Gasteiger partial charge in [-0.25, -0.2) is 0 Å². The van der Waals surface area contributed by atoms with Gasteiger partial charge < -0.3 is 10.2 Å². The van der Waals surface area contributed by atoms with Crippen molar-refractivity contribution in [2.45, 2.75) is 36.7 Å². The van der Waals surface area contributed by atoms with Gasteiger partial charge in [0.15, 0.2) is 0 Å². The molecule has 1 aliphatic rings. The number of thiophene rings is 1. The molecule has 1 aliphatic heterocycles. The molecule has 4 nitrogen and oxygen atoms in total. The van der Waals surface area contributed by atoms with Crippen molar-refractivity contribution >= 4 is 40.6 Å². The predicted molar refractivity (Wildman–Crippen MR) is 139 cm³/mol. The summed E-state index contributed by atoms with van der Waals surface area (Å²) >= 11 is 3.18. The molecule has 6 heteroatoms. The Morgan fingerprint density at radius 3 is 2.62 bits per heavy atom. The van der Waals surface area contributed by atoms with Gasteiger partial charge in [0, 0.05) is 20.2 Å². The van der Waals surface area contributed by atoms with Gasteiger partial charge in [-0.2, -0.15) is 0 Å². The Balaban J connectivity index is 1.54. The lowest BCUT2D eigenvalue weighted by atomic mass is 10.0. The van der Waals surface area contributed by atoms with Crippen LogP contribution < -0.4 is 10.2 Å². The lowest BCUT2D eigenvalue weighted by molar-refractivity contribution is 0.0947. The molecule has 0 saturated heterocycles. The van der Waals surface area contributed by atoms with E-state index in [0.29, 0.717) is 24.2 Å². The number of nitrogens with one attached hydrogen (secondary N) is 1. The van der Waals surface area contributed by atoms with Crippen LogP contribution in [0.4, 0.5) is 5.69 Å². The topological polar surface area (TPSA) is 49.4 Å². The Labute approximate surface area is 207 Å². The van der Waals surface area contributed by atoms with Crippen LogP contribution in [0.15, 0.2) is 88.0 Å². The van der Waals surface area contributed by atoms with Crippen molar-refractivity contribution < 1.29 is 9.59 Å². The minimum Gasteiger partial charge on any atom is -0.347 e. The highest BCUT2D eigenvalue weighted by Gasteiger charge is 2.28. The first kappa shape index (κ1) is 22.4. The van der Waals surface area contributed by atoms with Crippen molar-refractivity contribution in [1.82, 2.24) is 5.32 Å². The number of benzene rings is 3. The number of aryl methyl sites for hydroxylation is 2. The van der Waals surface area contributed by atoms with E-state index in [1.807, 2.05) is 64.9 Å². The van der Waals surface area contributed by atoms with E-state index in [1.165, 1.54) is 0 Å². The van der Waals surface area contributed by atoms with Gasteiger partial charge in [0.25, 0.3) is 11.8 Å². The largest absolute Gasteiger partial charge is 0.347 e. The molecule has 2 heterocycles. The summed E-state index contributed by atoms with van der Waals surface area (Å²) in [4.78, 5) is 31.5. The van der Waals surface area contributed by atoms with Gasteiger partial charge >= 0.3 is 0 Å². The summed E-state index contributed by atoms with van der Waals surface area (Å²) in [5, 5.41) is 4.99. The molecule has 3 aromatic carbocycles. The van der Waals surface area contributed by atoms with Gasteiger partial charge in [0.1, 0.15) is 0 Å². The van der Waals surface area contributed by atoms with Crippen molar-refractivity contribution in [1.29, 1.82) is 0 Å². The smallest absolute Gasteiger partial charge is 0.259 e. The summed E-state index contributed by atoms with van der Waals surface area (Å²) in [5.74, 6) is -0.207. The second-order valence-electron chi connectivity index (χ2n) is 8.36. The third-order valence-corrected chi connectivity index (χ3v) is 7.95. The van der Waals surface area contributed by atoms with Gasteiger partial charge in [-0.15, -0.1) is 11.3 Å². The van der Waals surface area contributed by atoms with Crippen molar-refractivity contribution in [2.24, 2.45) is 0 Å². The van der Waals surface area contributed by atoms with Crippen LogP contribution >= 0.6 is 23.1 Å².